The van der Waals surface area contributed by atoms with Crippen molar-refractivity contribution >= 4 is 34.8 Å². The topological polar surface area (TPSA) is 60.1 Å². The number of aryl methyl sites for hydroxylation is 2. The van der Waals surface area contributed by atoms with Gasteiger partial charge in [0.25, 0.3) is 11.5 Å². The Hall–Kier alpha value is -2.57. The van der Waals surface area contributed by atoms with E-state index in [0.717, 1.165) is 11.1 Å². The number of halogens is 2. The van der Waals surface area contributed by atoms with Crippen LogP contribution in [0, 0.1) is 0 Å². The Morgan fingerprint density at radius 2 is 1.73 bits per heavy atom. The van der Waals surface area contributed by atoms with Crippen molar-refractivity contribution in [1.82, 2.24) is 14.3 Å². The van der Waals surface area contributed by atoms with Crippen LogP contribution in [-0.2, 0) is 14.1 Å². The molecule has 3 heterocycles. The highest BCUT2D eigenvalue weighted by molar-refractivity contribution is 6.31. The first kappa shape index (κ1) is 16.9. The second-order valence-electron chi connectivity index (χ2n) is 6.20. The van der Waals surface area contributed by atoms with Crippen molar-refractivity contribution in [3.8, 4) is 0 Å². The zero-order valence-corrected chi connectivity index (χ0v) is 15.5. The lowest BCUT2D eigenvalue weighted by Gasteiger charge is -2.26. The van der Waals surface area contributed by atoms with Gasteiger partial charge >= 0.3 is 0 Å². The molecule has 1 unspecified atom stereocenters. The first-order valence-corrected chi connectivity index (χ1v) is 8.61. The lowest BCUT2D eigenvalue weighted by atomic mass is 10.0. The van der Waals surface area contributed by atoms with E-state index in [2.05, 4.69) is 5.10 Å². The standard InChI is InChI=1S/C18H14Cl2N4O2/c1-22-8-12(7-14(20)17(22)25)24-16(10-3-5-11(19)6-4-10)13-9-23(2)21-15(13)18(24)26/h3-9,16H,1-2H3. The molecule has 2 aromatic heterocycles. The average molecular weight is 389 g/mol. The summed E-state index contributed by atoms with van der Waals surface area (Å²) in [4.78, 5) is 26.6. The van der Waals surface area contributed by atoms with Gasteiger partial charge in [0.05, 0.1) is 11.7 Å². The van der Waals surface area contributed by atoms with Gasteiger partial charge in [0.1, 0.15) is 5.02 Å². The molecular weight excluding hydrogens is 375 g/mol. The Morgan fingerprint density at radius 1 is 1.04 bits per heavy atom. The third-order valence-electron chi connectivity index (χ3n) is 4.42. The maximum Gasteiger partial charge on any atom is 0.280 e. The van der Waals surface area contributed by atoms with Crippen molar-refractivity contribution in [1.29, 1.82) is 0 Å². The molecule has 0 fully saturated rings. The fourth-order valence-corrected chi connectivity index (χ4v) is 3.64. The number of rotatable bonds is 2. The van der Waals surface area contributed by atoms with Crippen molar-refractivity contribution in [3.05, 3.63) is 79.9 Å². The van der Waals surface area contributed by atoms with E-state index in [0.29, 0.717) is 16.4 Å². The molecule has 1 atom stereocenters. The minimum absolute atomic E-state index is 0.0535. The monoisotopic (exact) mass is 388 g/mol. The van der Waals surface area contributed by atoms with Crippen molar-refractivity contribution < 1.29 is 4.79 Å². The molecule has 132 valence electrons. The molecule has 1 aromatic carbocycles. The lowest BCUT2D eigenvalue weighted by Crippen LogP contribution is -2.31. The first-order valence-electron chi connectivity index (χ1n) is 7.85. The molecule has 26 heavy (non-hydrogen) atoms. The molecule has 6 nitrogen and oxygen atoms in total. The van der Waals surface area contributed by atoms with E-state index in [9.17, 15) is 9.59 Å². The third-order valence-corrected chi connectivity index (χ3v) is 4.94. The van der Waals surface area contributed by atoms with Crippen LogP contribution in [0.3, 0.4) is 0 Å². The van der Waals surface area contributed by atoms with Crippen LogP contribution in [0.25, 0.3) is 0 Å². The maximum atomic E-state index is 13.1. The number of nitrogens with zero attached hydrogens (tertiary/aromatic N) is 4. The van der Waals surface area contributed by atoms with Crippen molar-refractivity contribution in [2.24, 2.45) is 14.1 Å². The van der Waals surface area contributed by atoms with Gasteiger partial charge in [0.2, 0.25) is 0 Å². The minimum Gasteiger partial charge on any atom is -0.315 e. The van der Waals surface area contributed by atoms with Crippen LogP contribution in [0.15, 0.2) is 47.5 Å². The molecule has 3 aromatic rings. The van der Waals surface area contributed by atoms with Gasteiger partial charge in [-0.3, -0.25) is 19.2 Å². The van der Waals surface area contributed by atoms with E-state index in [1.54, 1.807) is 42.0 Å². The summed E-state index contributed by atoms with van der Waals surface area (Å²) in [6.45, 7) is 0. The number of fused-ring (bicyclic) bond motifs is 1. The van der Waals surface area contributed by atoms with E-state index in [-0.39, 0.29) is 22.5 Å². The summed E-state index contributed by atoms with van der Waals surface area (Å²) in [5.41, 5.74) is 2.28. The number of hydrogen-bond donors (Lipinski definition) is 0. The Balaban J connectivity index is 1.92. The molecule has 0 N–H and O–H groups in total. The fourth-order valence-electron chi connectivity index (χ4n) is 3.27. The molecule has 0 saturated heterocycles. The number of anilines is 1. The van der Waals surface area contributed by atoms with E-state index in [4.69, 9.17) is 23.2 Å². The van der Waals surface area contributed by atoms with Crippen molar-refractivity contribution in [2.75, 3.05) is 4.90 Å². The van der Waals surface area contributed by atoms with Crippen LogP contribution >= 0.6 is 23.2 Å². The Labute approximate surface area is 159 Å². The first-order chi connectivity index (χ1) is 12.4. The second-order valence-corrected chi connectivity index (χ2v) is 7.04. The molecule has 0 aliphatic carbocycles. The van der Waals surface area contributed by atoms with Crippen LogP contribution in [0.1, 0.15) is 27.7 Å². The minimum atomic E-state index is -0.378. The average Bonchev–Trinajstić information content (AvgIpc) is 3.09. The Bertz CT molecular complexity index is 1060. The number of hydrogen-bond acceptors (Lipinski definition) is 3. The number of pyridine rings is 1. The van der Waals surface area contributed by atoms with E-state index < -0.39 is 0 Å². The molecular formula is C18H14Cl2N4O2. The highest BCUT2D eigenvalue weighted by Gasteiger charge is 2.41. The smallest absolute Gasteiger partial charge is 0.280 e. The molecule has 4 rings (SSSR count). The molecule has 0 spiro atoms. The summed E-state index contributed by atoms with van der Waals surface area (Å²) in [6.07, 6.45) is 3.43. The maximum absolute atomic E-state index is 13.1. The van der Waals surface area contributed by atoms with Gasteiger partial charge in [-0.1, -0.05) is 35.3 Å². The molecule has 0 bridgehead atoms. The Morgan fingerprint density at radius 3 is 2.38 bits per heavy atom. The Kier molecular flexibility index (Phi) is 3.89. The van der Waals surface area contributed by atoms with Crippen LogP contribution in [-0.4, -0.2) is 20.3 Å². The highest BCUT2D eigenvalue weighted by atomic mass is 35.5. The highest BCUT2D eigenvalue weighted by Crippen LogP contribution is 2.41. The molecule has 8 heteroatoms. The van der Waals surface area contributed by atoms with E-state index in [1.165, 1.54) is 10.6 Å². The summed E-state index contributed by atoms with van der Waals surface area (Å²) in [6, 6.07) is 8.44. The van der Waals surface area contributed by atoms with E-state index in [1.807, 2.05) is 18.3 Å². The number of carbonyl (C=O) groups excluding carboxylic acids is 1. The van der Waals surface area contributed by atoms with Gasteiger partial charge in [-0.2, -0.15) is 5.10 Å². The quantitative estimate of drug-likeness (QED) is 0.677. The summed E-state index contributed by atoms with van der Waals surface area (Å²) in [5, 5.41) is 4.97. The summed E-state index contributed by atoms with van der Waals surface area (Å²) in [7, 11) is 3.37. The van der Waals surface area contributed by atoms with Crippen LogP contribution in [0.5, 0.6) is 0 Å². The lowest BCUT2D eigenvalue weighted by molar-refractivity contribution is 0.0988. The predicted molar refractivity (Wildman–Crippen MR) is 100 cm³/mol. The summed E-state index contributed by atoms with van der Waals surface area (Å²) >= 11 is 12.1. The number of benzene rings is 1. The van der Waals surface area contributed by atoms with E-state index >= 15 is 0 Å². The number of amides is 1. The molecule has 0 saturated carbocycles. The van der Waals surface area contributed by atoms with Gasteiger partial charge < -0.3 is 4.57 Å². The normalized spacial score (nSPS) is 16.2. The van der Waals surface area contributed by atoms with Crippen molar-refractivity contribution in [3.63, 3.8) is 0 Å². The van der Waals surface area contributed by atoms with Crippen LogP contribution < -0.4 is 10.5 Å². The number of carbonyl (C=O) groups is 1. The molecule has 1 aliphatic rings. The molecule has 0 radical (unpaired) electrons. The number of aromatic nitrogens is 3. The second kappa shape index (κ2) is 6.00. The van der Waals surface area contributed by atoms with Gasteiger partial charge in [-0.15, -0.1) is 0 Å². The van der Waals surface area contributed by atoms with Crippen LogP contribution in [0.4, 0.5) is 5.69 Å². The summed E-state index contributed by atoms with van der Waals surface area (Å²) < 4.78 is 2.98. The molecule has 1 aliphatic heterocycles. The largest absolute Gasteiger partial charge is 0.315 e. The summed E-state index contributed by atoms with van der Waals surface area (Å²) in [5.74, 6) is -0.240. The molecule has 1 amide bonds. The predicted octanol–water partition coefficient (Wildman–Crippen LogP) is 3.18. The van der Waals surface area contributed by atoms with Crippen LogP contribution in [0.2, 0.25) is 10.0 Å². The third kappa shape index (κ3) is 2.53. The van der Waals surface area contributed by atoms with Gasteiger partial charge in [-0.05, 0) is 23.8 Å². The zero-order chi connectivity index (χ0) is 18.6. The fraction of sp³-hybridized carbons (Fsp3) is 0.167. The zero-order valence-electron chi connectivity index (χ0n) is 14.0. The van der Waals surface area contributed by atoms with Gasteiger partial charge in [0.15, 0.2) is 5.69 Å². The van der Waals surface area contributed by atoms with Gasteiger partial charge in [0, 0.05) is 37.1 Å². The SMILES string of the molecule is Cn1cc2c(n1)C(=O)N(c1cc(Cl)c(=O)n(C)c1)C2c1ccc(Cl)cc1. The van der Waals surface area contributed by atoms with Gasteiger partial charge in [-0.25, -0.2) is 0 Å². The van der Waals surface area contributed by atoms with Crippen molar-refractivity contribution in [2.45, 2.75) is 6.04 Å².